The molecule has 0 aliphatic carbocycles. The van der Waals surface area contributed by atoms with Gasteiger partial charge in [0, 0.05) is 18.6 Å². The first-order valence-electron chi connectivity index (χ1n) is 8.06. The molecule has 2 aromatic carbocycles. The minimum atomic E-state index is -0.0809. The fourth-order valence-corrected chi connectivity index (χ4v) is 3.27. The van der Waals surface area contributed by atoms with E-state index in [1.165, 1.54) is 5.39 Å². The van der Waals surface area contributed by atoms with E-state index >= 15 is 0 Å². The molecule has 1 aromatic heterocycles. The number of rotatable bonds is 3. The lowest BCUT2D eigenvalue weighted by Crippen LogP contribution is -2.27. The highest BCUT2D eigenvalue weighted by Gasteiger charge is 2.24. The first-order chi connectivity index (χ1) is 11.3. The van der Waals surface area contributed by atoms with Crippen molar-refractivity contribution in [1.82, 2.24) is 15.0 Å². The number of hydrogen-bond donors (Lipinski definition) is 1. The van der Waals surface area contributed by atoms with Crippen molar-refractivity contribution in [2.24, 2.45) is 11.7 Å². The summed E-state index contributed by atoms with van der Waals surface area (Å²) in [5.74, 6) is 0.418. The van der Waals surface area contributed by atoms with Crippen molar-refractivity contribution in [3.8, 4) is 5.69 Å². The van der Waals surface area contributed by atoms with Crippen LogP contribution in [0.15, 0.2) is 48.7 Å². The van der Waals surface area contributed by atoms with Crippen LogP contribution in [0.2, 0.25) is 0 Å². The Labute approximate surface area is 135 Å². The highest BCUT2D eigenvalue weighted by atomic mass is 16.5. The van der Waals surface area contributed by atoms with E-state index in [0.717, 1.165) is 42.8 Å². The predicted molar refractivity (Wildman–Crippen MR) is 89.3 cm³/mol. The Morgan fingerprint density at radius 3 is 2.74 bits per heavy atom. The van der Waals surface area contributed by atoms with Gasteiger partial charge in [-0.2, -0.15) is 0 Å². The predicted octanol–water partition coefficient (Wildman–Crippen LogP) is 2.85. The van der Waals surface area contributed by atoms with Crippen molar-refractivity contribution in [2.75, 3.05) is 13.2 Å². The fourth-order valence-electron chi connectivity index (χ4n) is 3.27. The average Bonchev–Trinajstić information content (AvgIpc) is 3.11. The number of ether oxygens (including phenoxy) is 1. The van der Waals surface area contributed by atoms with Gasteiger partial charge in [0.25, 0.3) is 0 Å². The number of aromatic nitrogens is 3. The molecule has 23 heavy (non-hydrogen) atoms. The van der Waals surface area contributed by atoms with Gasteiger partial charge in [0.15, 0.2) is 0 Å². The zero-order chi connectivity index (χ0) is 15.6. The van der Waals surface area contributed by atoms with E-state index in [2.05, 4.69) is 34.6 Å². The molecule has 5 nitrogen and oxygen atoms in total. The second-order valence-corrected chi connectivity index (χ2v) is 6.06. The van der Waals surface area contributed by atoms with Crippen LogP contribution in [-0.4, -0.2) is 28.2 Å². The molecule has 1 unspecified atom stereocenters. The third-order valence-electron chi connectivity index (χ3n) is 4.64. The Morgan fingerprint density at radius 1 is 1.09 bits per heavy atom. The van der Waals surface area contributed by atoms with Gasteiger partial charge < -0.3 is 10.5 Å². The topological polar surface area (TPSA) is 66.0 Å². The van der Waals surface area contributed by atoms with Gasteiger partial charge in [0.2, 0.25) is 0 Å². The van der Waals surface area contributed by atoms with Gasteiger partial charge in [0.1, 0.15) is 5.69 Å². The third kappa shape index (κ3) is 2.73. The molecule has 0 bridgehead atoms. The molecule has 1 aliphatic rings. The Bertz CT molecular complexity index is 802. The van der Waals surface area contributed by atoms with Gasteiger partial charge >= 0.3 is 0 Å². The quantitative estimate of drug-likeness (QED) is 0.808. The second kappa shape index (κ2) is 6.10. The molecule has 2 heterocycles. The molecule has 0 amide bonds. The Balaban J connectivity index is 1.67. The Hall–Kier alpha value is -2.24. The van der Waals surface area contributed by atoms with Crippen molar-refractivity contribution in [3.63, 3.8) is 0 Å². The smallest absolute Gasteiger partial charge is 0.100 e. The first-order valence-corrected chi connectivity index (χ1v) is 8.06. The molecular weight excluding hydrogens is 288 g/mol. The van der Waals surface area contributed by atoms with Gasteiger partial charge in [-0.25, -0.2) is 4.68 Å². The molecule has 0 radical (unpaired) electrons. The average molecular weight is 308 g/mol. The lowest BCUT2D eigenvalue weighted by atomic mass is 9.91. The summed E-state index contributed by atoms with van der Waals surface area (Å²) in [5.41, 5.74) is 8.28. The van der Waals surface area contributed by atoms with E-state index in [0.29, 0.717) is 5.92 Å². The highest BCUT2D eigenvalue weighted by molar-refractivity contribution is 5.89. The molecule has 1 atom stereocenters. The van der Waals surface area contributed by atoms with E-state index in [1.807, 2.05) is 29.1 Å². The summed E-state index contributed by atoms with van der Waals surface area (Å²) in [7, 11) is 0. The fraction of sp³-hybridized carbons (Fsp3) is 0.333. The van der Waals surface area contributed by atoms with Crippen molar-refractivity contribution in [1.29, 1.82) is 0 Å². The molecule has 5 heteroatoms. The second-order valence-electron chi connectivity index (χ2n) is 6.06. The molecule has 4 rings (SSSR count). The molecule has 0 saturated carbocycles. The SMILES string of the molecule is NC(c1cn(-c2cccc3ccccc23)nn1)C1CCOCC1. The molecular formula is C18H20N4O. The zero-order valence-corrected chi connectivity index (χ0v) is 12.9. The van der Waals surface area contributed by atoms with Crippen LogP contribution in [-0.2, 0) is 4.74 Å². The van der Waals surface area contributed by atoms with Gasteiger partial charge in [-0.1, -0.05) is 41.6 Å². The normalized spacial score (nSPS) is 17.4. The summed E-state index contributed by atoms with van der Waals surface area (Å²) in [4.78, 5) is 0. The number of benzene rings is 2. The standard InChI is InChI=1S/C18H20N4O/c19-18(14-8-10-23-11-9-14)16-12-22(21-20-16)17-7-3-5-13-4-1-2-6-15(13)17/h1-7,12,14,18H,8-11,19H2. The van der Waals surface area contributed by atoms with E-state index < -0.39 is 0 Å². The zero-order valence-electron chi connectivity index (χ0n) is 12.9. The number of hydrogen-bond acceptors (Lipinski definition) is 4. The van der Waals surface area contributed by atoms with Crippen LogP contribution in [0.5, 0.6) is 0 Å². The van der Waals surface area contributed by atoms with Crippen LogP contribution < -0.4 is 5.73 Å². The summed E-state index contributed by atoms with van der Waals surface area (Å²) in [6, 6.07) is 14.4. The van der Waals surface area contributed by atoms with E-state index in [9.17, 15) is 0 Å². The van der Waals surface area contributed by atoms with E-state index in [4.69, 9.17) is 10.5 Å². The van der Waals surface area contributed by atoms with Crippen LogP contribution in [0.4, 0.5) is 0 Å². The maximum atomic E-state index is 6.40. The summed E-state index contributed by atoms with van der Waals surface area (Å²) >= 11 is 0. The van der Waals surface area contributed by atoms with Crippen LogP contribution in [0.25, 0.3) is 16.5 Å². The van der Waals surface area contributed by atoms with E-state index in [-0.39, 0.29) is 6.04 Å². The van der Waals surface area contributed by atoms with Crippen molar-refractivity contribution < 1.29 is 4.74 Å². The van der Waals surface area contributed by atoms with Gasteiger partial charge in [0.05, 0.1) is 17.9 Å². The number of fused-ring (bicyclic) bond motifs is 1. The lowest BCUT2D eigenvalue weighted by molar-refractivity contribution is 0.0579. The summed E-state index contributed by atoms with van der Waals surface area (Å²) in [6.07, 6.45) is 3.94. The first kappa shape index (κ1) is 14.4. The maximum Gasteiger partial charge on any atom is 0.100 e. The lowest BCUT2D eigenvalue weighted by Gasteiger charge is -2.26. The summed E-state index contributed by atoms with van der Waals surface area (Å²) < 4.78 is 7.24. The van der Waals surface area contributed by atoms with Crippen molar-refractivity contribution in [2.45, 2.75) is 18.9 Å². The van der Waals surface area contributed by atoms with Crippen LogP contribution in [0.1, 0.15) is 24.6 Å². The Morgan fingerprint density at radius 2 is 1.87 bits per heavy atom. The van der Waals surface area contributed by atoms with Gasteiger partial charge in [-0.05, 0) is 30.2 Å². The minimum absolute atomic E-state index is 0.0809. The van der Waals surface area contributed by atoms with Crippen LogP contribution in [0, 0.1) is 5.92 Å². The monoisotopic (exact) mass is 308 g/mol. The number of nitrogens with two attached hydrogens (primary N) is 1. The van der Waals surface area contributed by atoms with Gasteiger partial charge in [-0.3, -0.25) is 0 Å². The maximum absolute atomic E-state index is 6.40. The van der Waals surface area contributed by atoms with Crippen molar-refractivity contribution in [3.05, 3.63) is 54.4 Å². The van der Waals surface area contributed by atoms with Crippen molar-refractivity contribution >= 4 is 10.8 Å². The molecule has 1 aliphatic heterocycles. The van der Waals surface area contributed by atoms with Crippen LogP contribution in [0.3, 0.4) is 0 Å². The molecule has 0 spiro atoms. The van der Waals surface area contributed by atoms with Crippen LogP contribution >= 0.6 is 0 Å². The Kier molecular flexibility index (Phi) is 3.81. The summed E-state index contributed by atoms with van der Waals surface area (Å²) in [5, 5.41) is 11.0. The highest BCUT2D eigenvalue weighted by Crippen LogP contribution is 2.28. The van der Waals surface area contributed by atoms with E-state index in [1.54, 1.807) is 0 Å². The largest absolute Gasteiger partial charge is 0.381 e. The molecule has 1 fully saturated rings. The number of nitrogens with zero attached hydrogens (tertiary/aromatic N) is 3. The molecule has 118 valence electrons. The molecule has 3 aromatic rings. The third-order valence-corrected chi connectivity index (χ3v) is 4.64. The molecule has 1 saturated heterocycles. The molecule has 2 N–H and O–H groups in total. The summed E-state index contributed by atoms with van der Waals surface area (Å²) in [6.45, 7) is 1.58. The van der Waals surface area contributed by atoms with Gasteiger partial charge in [-0.15, -0.1) is 5.10 Å². The minimum Gasteiger partial charge on any atom is -0.381 e.